The van der Waals surface area contributed by atoms with Gasteiger partial charge >= 0.3 is 18.2 Å². The number of hydrogen-bond acceptors (Lipinski definition) is 6. The molecule has 0 radical (unpaired) electrons. The van der Waals surface area contributed by atoms with Crippen molar-refractivity contribution in [2.24, 2.45) is 5.92 Å². The Morgan fingerprint density at radius 1 is 1.20 bits per heavy atom. The van der Waals surface area contributed by atoms with Gasteiger partial charge in [0, 0.05) is 13.1 Å². The first kappa shape index (κ1) is 23.5. The fourth-order valence-electron chi connectivity index (χ4n) is 3.35. The molecule has 1 saturated heterocycles. The number of carbonyl (C=O) groups is 3. The van der Waals surface area contributed by atoms with Crippen LogP contribution in [0.3, 0.4) is 0 Å². The number of nitrogens with one attached hydrogen (secondary N) is 1. The number of esters is 1. The van der Waals surface area contributed by atoms with Gasteiger partial charge in [-0.05, 0) is 51.5 Å². The van der Waals surface area contributed by atoms with Gasteiger partial charge in [0.25, 0.3) is 0 Å². The maximum Gasteiger partial charge on any atom is 0.410 e. The third-order valence-corrected chi connectivity index (χ3v) is 4.73. The fourth-order valence-corrected chi connectivity index (χ4v) is 3.35. The van der Waals surface area contributed by atoms with Crippen molar-refractivity contribution in [1.29, 1.82) is 0 Å². The molecule has 1 heterocycles. The van der Waals surface area contributed by atoms with E-state index >= 15 is 0 Å². The van der Waals surface area contributed by atoms with E-state index in [4.69, 9.17) is 14.2 Å². The van der Waals surface area contributed by atoms with E-state index in [1.54, 1.807) is 4.90 Å². The number of carbonyl (C=O) groups excluding carboxylic acids is 3. The van der Waals surface area contributed by atoms with Crippen molar-refractivity contribution < 1.29 is 28.6 Å². The van der Waals surface area contributed by atoms with E-state index in [1.165, 1.54) is 7.11 Å². The smallest absolute Gasteiger partial charge is 0.410 e. The Bertz CT molecular complexity index is 716. The lowest BCUT2D eigenvalue weighted by molar-refractivity contribution is -0.143. The summed E-state index contributed by atoms with van der Waals surface area (Å²) in [6.45, 7) is 6.65. The highest BCUT2D eigenvalue weighted by molar-refractivity contribution is 5.81. The fraction of sp³-hybridized carbons (Fsp3) is 0.591. The molecule has 1 fully saturated rings. The van der Waals surface area contributed by atoms with Gasteiger partial charge in [0.1, 0.15) is 18.2 Å². The van der Waals surface area contributed by atoms with Gasteiger partial charge in [-0.2, -0.15) is 0 Å². The molecular formula is C22H32N2O6. The molecule has 1 aliphatic rings. The first-order valence-corrected chi connectivity index (χ1v) is 10.2. The SMILES string of the molecule is COC(=O)[C@H](C[C@H]1CCCN(C(=O)OC(C)(C)C)C1)NC(=O)OCc1ccccc1. The minimum atomic E-state index is -0.846. The van der Waals surface area contributed by atoms with Crippen molar-refractivity contribution in [3.63, 3.8) is 0 Å². The maximum absolute atomic E-state index is 12.4. The molecule has 2 amide bonds. The molecule has 8 heteroatoms. The molecule has 0 unspecified atom stereocenters. The van der Waals surface area contributed by atoms with Gasteiger partial charge in [-0.15, -0.1) is 0 Å². The highest BCUT2D eigenvalue weighted by Crippen LogP contribution is 2.23. The summed E-state index contributed by atoms with van der Waals surface area (Å²) >= 11 is 0. The molecule has 1 aliphatic heterocycles. The molecule has 1 aromatic rings. The second kappa shape index (κ2) is 10.8. The molecule has 0 aromatic heterocycles. The zero-order valence-electron chi connectivity index (χ0n) is 18.2. The normalized spacial score (nSPS) is 17.6. The molecule has 0 bridgehead atoms. The first-order chi connectivity index (χ1) is 14.2. The number of methoxy groups -OCH3 is 1. The molecule has 2 rings (SSSR count). The number of amides is 2. The summed E-state index contributed by atoms with van der Waals surface area (Å²) < 4.78 is 15.5. The quantitative estimate of drug-likeness (QED) is 0.559. The molecule has 1 N–H and O–H groups in total. The Labute approximate surface area is 177 Å². The largest absolute Gasteiger partial charge is 0.467 e. The third kappa shape index (κ3) is 7.93. The molecule has 0 aliphatic carbocycles. The minimum absolute atomic E-state index is 0.0322. The predicted octanol–water partition coefficient (Wildman–Crippen LogP) is 3.49. The second-order valence-corrected chi connectivity index (χ2v) is 8.45. The Morgan fingerprint density at radius 2 is 1.90 bits per heavy atom. The Balaban J connectivity index is 1.90. The number of alkyl carbamates (subject to hydrolysis) is 1. The summed E-state index contributed by atoms with van der Waals surface area (Å²) in [6, 6.07) is 8.43. The molecule has 0 spiro atoms. The standard InChI is InChI=1S/C22H32N2O6/c1-22(2,3)30-21(27)24-12-8-11-17(14-24)13-18(19(25)28-4)23-20(26)29-15-16-9-6-5-7-10-16/h5-7,9-10,17-18H,8,11-15H2,1-4H3,(H,23,26)/t17-,18+/m1/s1. The monoisotopic (exact) mass is 420 g/mol. The predicted molar refractivity (Wildman–Crippen MR) is 111 cm³/mol. The van der Waals surface area contributed by atoms with Crippen molar-refractivity contribution in [3.8, 4) is 0 Å². The van der Waals surface area contributed by atoms with Gasteiger partial charge in [-0.1, -0.05) is 30.3 Å². The van der Waals surface area contributed by atoms with Crippen LogP contribution in [0.15, 0.2) is 30.3 Å². The Morgan fingerprint density at radius 3 is 2.53 bits per heavy atom. The average Bonchev–Trinajstić information content (AvgIpc) is 2.71. The first-order valence-electron chi connectivity index (χ1n) is 10.2. The second-order valence-electron chi connectivity index (χ2n) is 8.45. The number of ether oxygens (including phenoxy) is 3. The highest BCUT2D eigenvalue weighted by Gasteiger charge is 2.32. The third-order valence-electron chi connectivity index (χ3n) is 4.73. The number of benzene rings is 1. The van der Waals surface area contributed by atoms with E-state index in [9.17, 15) is 14.4 Å². The van der Waals surface area contributed by atoms with Crippen LogP contribution in [0.2, 0.25) is 0 Å². The van der Waals surface area contributed by atoms with E-state index in [1.807, 2.05) is 51.1 Å². The molecule has 8 nitrogen and oxygen atoms in total. The highest BCUT2D eigenvalue weighted by atomic mass is 16.6. The summed E-state index contributed by atoms with van der Waals surface area (Å²) in [5.41, 5.74) is 0.283. The van der Waals surface area contributed by atoms with Gasteiger partial charge in [0.05, 0.1) is 7.11 Å². The number of piperidine rings is 1. The molecule has 30 heavy (non-hydrogen) atoms. The number of hydrogen-bond donors (Lipinski definition) is 1. The topological polar surface area (TPSA) is 94.2 Å². The van der Waals surface area contributed by atoms with Gasteiger partial charge in [0.2, 0.25) is 0 Å². The summed E-state index contributed by atoms with van der Waals surface area (Å²) in [6.07, 6.45) is 0.946. The van der Waals surface area contributed by atoms with Crippen molar-refractivity contribution in [2.75, 3.05) is 20.2 Å². The summed E-state index contributed by atoms with van der Waals surface area (Å²) in [7, 11) is 1.28. The number of rotatable bonds is 6. The molecular weight excluding hydrogens is 388 g/mol. The van der Waals surface area contributed by atoms with Crippen molar-refractivity contribution in [1.82, 2.24) is 10.2 Å². The molecule has 2 atom stereocenters. The van der Waals surface area contributed by atoms with Crippen LogP contribution in [0.4, 0.5) is 9.59 Å². The van der Waals surface area contributed by atoms with Crippen LogP contribution >= 0.6 is 0 Å². The van der Waals surface area contributed by atoms with Crippen molar-refractivity contribution in [3.05, 3.63) is 35.9 Å². The van der Waals surface area contributed by atoms with Crippen LogP contribution in [0, 0.1) is 5.92 Å². The van der Waals surface area contributed by atoms with Crippen LogP contribution in [0.25, 0.3) is 0 Å². The van der Waals surface area contributed by atoms with Crippen LogP contribution in [-0.4, -0.2) is 54.9 Å². The molecule has 0 saturated carbocycles. The van der Waals surface area contributed by atoms with E-state index in [0.29, 0.717) is 19.5 Å². The lowest BCUT2D eigenvalue weighted by atomic mass is 9.91. The number of nitrogens with zero attached hydrogens (tertiary/aromatic N) is 1. The van der Waals surface area contributed by atoms with Crippen LogP contribution < -0.4 is 5.32 Å². The molecule has 166 valence electrons. The van der Waals surface area contributed by atoms with Gasteiger partial charge < -0.3 is 24.4 Å². The Hall–Kier alpha value is -2.77. The minimum Gasteiger partial charge on any atom is -0.467 e. The number of likely N-dealkylation sites (tertiary alicyclic amines) is 1. The molecule has 1 aromatic carbocycles. The zero-order valence-corrected chi connectivity index (χ0v) is 18.2. The summed E-state index contributed by atoms with van der Waals surface area (Å²) in [5, 5.41) is 2.60. The van der Waals surface area contributed by atoms with Crippen molar-refractivity contribution >= 4 is 18.2 Å². The van der Waals surface area contributed by atoms with E-state index in [2.05, 4.69) is 5.32 Å². The maximum atomic E-state index is 12.4. The summed E-state index contributed by atoms with van der Waals surface area (Å²) in [5.74, 6) is -0.508. The van der Waals surface area contributed by atoms with Gasteiger partial charge in [-0.25, -0.2) is 14.4 Å². The van der Waals surface area contributed by atoms with E-state index in [0.717, 1.165) is 18.4 Å². The lowest BCUT2D eigenvalue weighted by Crippen LogP contribution is -2.47. The van der Waals surface area contributed by atoms with Gasteiger partial charge in [0.15, 0.2) is 0 Å². The van der Waals surface area contributed by atoms with Crippen molar-refractivity contribution in [2.45, 2.75) is 58.3 Å². The van der Waals surface area contributed by atoms with Crippen LogP contribution in [0.5, 0.6) is 0 Å². The van der Waals surface area contributed by atoms with Gasteiger partial charge in [-0.3, -0.25) is 0 Å². The zero-order chi connectivity index (χ0) is 22.1. The Kier molecular flexibility index (Phi) is 8.50. The van der Waals surface area contributed by atoms with E-state index in [-0.39, 0.29) is 18.6 Å². The van der Waals surface area contributed by atoms with Crippen LogP contribution in [-0.2, 0) is 25.6 Å². The lowest BCUT2D eigenvalue weighted by Gasteiger charge is -2.35. The van der Waals surface area contributed by atoms with E-state index < -0.39 is 23.7 Å². The van der Waals surface area contributed by atoms with Crippen LogP contribution in [0.1, 0.15) is 45.6 Å². The average molecular weight is 421 g/mol. The summed E-state index contributed by atoms with van der Waals surface area (Å²) in [4.78, 5) is 38.4.